The highest BCUT2D eigenvalue weighted by molar-refractivity contribution is 5.86. The Bertz CT molecular complexity index is 1210. The van der Waals surface area contributed by atoms with Crippen LogP contribution in [-0.4, -0.2) is 35.2 Å². The summed E-state index contributed by atoms with van der Waals surface area (Å²) in [6, 6.07) is 8.29. The van der Waals surface area contributed by atoms with E-state index in [4.69, 9.17) is 9.98 Å². The molecule has 0 radical (unpaired) electrons. The van der Waals surface area contributed by atoms with E-state index in [1.165, 1.54) is 11.1 Å². The third-order valence-corrected chi connectivity index (χ3v) is 7.32. The zero-order valence-electron chi connectivity index (χ0n) is 27.1. The van der Waals surface area contributed by atoms with Gasteiger partial charge in [-0.3, -0.25) is 9.98 Å². The van der Waals surface area contributed by atoms with Gasteiger partial charge in [0.15, 0.2) is 0 Å². The molecule has 0 heterocycles. The average Bonchev–Trinajstić information content (AvgIpc) is 2.74. The zero-order chi connectivity index (χ0) is 30.1. The third kappa shape index (κ3) is 8.43. The van der Waals surface area contributed by atoms with Gasteiger partial charge in [-0.1, -0.05) is 109 Å². The number of hydrogen-bond donors (Lipinski definition) is 2. The first-order valence-corrected chi connectivity index (χ1v) is 14.3. The molecule has 39 heavy (non-hydrogen) atoms. The molecule has 2 rings (SSSR count). The van der Waals surface area contributed by atoms with Gasteiger partial charge in [0.25, 0.3) is 0 Å². The van der Waals surface area contributed by atoms with E-state index >= 15 is 0 Å². The number of aliphatic imine (C=N–C) groups is 2. The van der Waals surface area contributed by atoms with Gasteiger partial charge in [0.1, 0.15) is 11.5 Å². The SMILES string of the molecule is CC(C)[C@@H](CN=Cc1cc(C(C)(C)C)cc(C(C)(C)C)c1O)N=Cc1cc(C(C)(C)C)cc(C(C)(C)C)c1O. The van der Waals surface area contributed by atoms with Crippen molar-refractivity contribution in [3.05, 3.63) is 57.6 Å². The van der Waals surface area contributed by atoms with Crippen LogP contribution in [0.25, 0.3) is 0 Å². The van der Waals surface area contributed by atoms with Crippen LogP contribution >= 0.6 is 0 Å². The van der Waals surface area contributed by atoms with E-state index in [9.17, 15) is 10.2 Å². The number of aromatic hydroxyl groups is 2. The van der Waals surface area contributed by atoms with E-state index in [1.54, 1.807) is 6.21 Å². The summed E-state index contributed by atoms with van der Waals surface area (Å²) in [4.78, 5) is 9.66. The molecule has 0 aliphatic carbocycles. The molecule has 216 valence electrons. The van der Waals surface area contributed by atoms with E-state index in [0.717, 1.165) is 22.3 Å². The van der Waals surface area contributed by atoms with Crippen molar-refractivity contribution in [2.24, 2.45) is 15.9 Å². The smallest absolute Gasteiger partial charge is 0.128 e. The molecule has 0 amide bonds. The van der Waals surface area contributed by atoms with Crippen LogP contribution in [0.4, 0.5) is 0 Å². The Balaban J connectivity index is 2.46. The highest BCUT2D eigenvalue weighted by atomic mass is 16.3. The lowest BCUT2D eigenvalue weighted by molar-refractivity contribution is 0.442. The lowest BCUT2D eigenvalue weighted by Gasteiger charge is -2.27. The first-order valence-electron chi connectivity index (χ1n) is 14.3. The minimum absolute atomic E-state index is 0.0451. The lowest BCUT2D eigenvalue weighted by Crippen LogP contribution is -2.19. The van der Waals surface area contributed by atoms with Crippen molar-refractivity contribution in [3.63, 3.8) is 0 Å². The Morgan fingerprint density at radius 1 is 0.615 bits per heavy atom. The molecule has 1 atom stereocenters. The van der Waals surface area contributed by atoms with Crippen LogP contribution in [0.2, 0.25) is 0 Å². The summed E-state index contributed by atoms with van der Waals surface area (Å²) in [6.45, 7) is 30.6. The predicted molar refractivity (Wildman–Crippen MR) is 170 cm³/mol. The maximum Gasteiger partial charge on any atom is 0.128 e. The van der Waals surface area contributed by atoms with Gasteiger partial charge in [0.2, 0.25) is 0 Å². The van der Waals surface area contributed by atoms with E-state index in [0.29, 0.717) is 18.0 Å². The molecule has 2 aromatic carbocycles. The molecule has 4 heteroatoms. The number of hydrogen-bond acceptors (Lipinski definition) is 4. The average molecular weight is 535 g/mol. The van der Waals surface area contributed by atoms with Crippen LogP contribution in [0, 0.1) is 5.92 Å². The van der Waals surface area contributed by atoms with Gasteiger partial charge in [-0.2, -0.15) is 0 Å². The van der Waals surface area contributed by atoms with Crippen LogP contribution in [0.1, 0.15) is 130 Å². The van der Waals surface area contributed by atoms with E-state index in [-0.39, 0.29) is 33.6 Å². The largest absolute Gasteiger partial charge is 0.507 e. The van der Waals surface area contributed by atoms with Gasteiger partial charge in [0.05, 0.1) is 12.6 Å². The Kier molecular flexibility index (Phi) is 9.59. The molecule has 4 nitrogen and oxygen atoms in total. The fraction of sp³-hybridized carbons (Fsp3) is 0.600. The molecule has 0 aliphatic heterocycles. The molecule has 0 aromatic heterocycles. The summed E-state index contributed by atoms with van der Waals surface area (Å²) >= 11 is 0. The second kappa shape index (κ2) is 11.5. The number of nitrogens with zero attached hydrogens (tertiary/aromatic N) is 2. The molecule has 0 unspecified atom stereocenters. The standard InChI is InChI=1S/C35H54N2O2/c1-22(2)29(37-20-24-16-26(33(6,7)8)18-28(31(24)39)35(12,13)14)21-36-19-23-15-25(32(3,4)5)17-27(30(23)38)34(9,10)11/h15-20,22,29,38-39H,21H2,1-14H3/t29-/m1/s1. The summed E-state index contributed by atoms with van der Waals surface area (Å²) in [5.74, 6) is 0.847. The minimum Gasteiger partial charge on any atom is -0.507 e. The van der Waals surface area contributed by atoms with Crippen molar-refractivity contribution in [1.82, 2.24) is 0 Å². The zero-order valence-corrected chi connectivity index (χ0v) is 27.1. The Labute approximate surface area is 238 Å². The van der Waals surface area contributed by atoms with Crippen LogP contribution in [0.3, 0.4) is 0 Å². The summed E-state index contributed by atoms with van der Waals surface area (Å²) in [5, 5.41) is 22.3. The highest BCUT2D eigenvalue weighted by Crippen LogP contribution is 2.38. The van der Waals surface area contributed by atoms with Gasteiger partial charge in [-0.05, 0) is 50.8 Å². The topological polar surface area (TPSA) is 65.2 Å². The number of phenolic OH excluding ortho intramolecular Hbond substituents is 2. The molecule has 0 spiro atoms. The van der Waals surface area contributed by atoms with Crippen LogP contribution in [0.5, 0.6) is 11.5 Å². The monoisotopic (exact) mass is 534 g/mol. The highest BCUT2D eigenvalue weighted by Gasteiger charge is 2.26. The second-order valence-electron chi connectivity index (χ2n) is 15.5. The van der Waals surface area contributed by atoms with Crippen LogP contribution < -0.4 is 0 Å². The van der Waals surface area contributed by atoms with Gasteiger partial charge in [0, 0.05) is 34.7 Å². The fourth-order valence-electron chi connectivity index (χ4n) is 4.39. The lowest BCUT2D eigenvalue weighted by atomic mass is 9.79. The van der Waals surface area contributed by atoms with Crippen molar-refractivity contribution < 1.29 is 10.2 Å². The van der Waals surface area contributed by atoms with Crippen molar-refractivity contribution >= 4 is 12.4 Å². The number of rotatable bonds is 6. The number of phenols is 2. The summed E-state index contributed by atoms with van der Waals surface area (Å²) in [5.41, 5.74) is 5.22. The summed E-state index contributed by atoms with van der Waals surface area (Å²) in [6.07, 6.45) is 3.61. The molecule has 0 fully saturated rings. The normalized spacial score (nSPS) is 14.6. The van der Waals surface area contributed by atoms with Crippen molar-refractivity contribution in [2.45, 2.75) is 125 Å². The molecule has 0 bridgehead atoms. The van der Waals surface area contributed by atoms with Gasteiger partial charge in [-0.15, -0.1) is 0 Å². The van der Waals surface area contributed by atoms with Crippen molar-refractivity contribution in [1.29, 1.82) is 0 Å². The molecule has 0 saturated heterocycles. The maximum absolute atomic E-state index is 11.2. The number of benzene rings is 2. The fourth-order valence-corrected chi connectivity index (χ4v) is 4.39. The van der Waals surface area contributed by atoms with Crippen LogP contribution in [0.15, 0.2) is 34.3 Å². The Morgan fingerprint density at radius 3 is 1.33 bits per heavy atom. The van der Waals surface area contributed by atoms with Gasteiger partial charge < -0.3 is 10.2 Å². The molecule has 0 aliphatic rings. The molecule has 2 aromatic rings. The van der Waals surface area contributed by atoms with E-state index in [2.05, 4.69) is 115 Å². The maximum atomic E-state index is 11.2. The van der Waals surface area contributed by atoms with Crippen LogP contribution in [-0.2, 0) is 21.7 Å². The quantitative estimate of drug-likeness (QED) is 0.364. The molecular weight excluding hydrogens is 480 g/mol. The Hall–Kier alpha value is -2.62. The van der Waals surface area contributed by atoms with E-state index < -0.39 is 0 Å². The molecular formula is C35H54N2O2. The van der Waals surface area contributed by atoms with Crippen molar-refractivity contribution in [2.75, 3.05) is 6.54 Å². The summed E-state index contributed by atoms with van der Waals surface area (Å²) < 4.78 is 0. The van der Waals surface area contributed by atoms with Gasteiger partial charge >= 0.3 is 0 Å². The molecule has 2 N–H and O–H groups in total. The Morgan fingerprint density at radius 2 is 1.00 bits per heavy atom. The van der Waals surface area contributed by atoms with E-state index in [1.807, 2.05) is 12.3 Å². The van der Waals surface area contributed by atoms with Gasteiger partial charge in [-0.25, -0.2) is 0 Å². The molecule has 0 saturated carbocycles. The second-order valence-corrected chi connectivity index (χ2v) is 15.5. The summed E-state index contributed by atoms with van der Waals surface area (Å²) in [7, 11) is 0. The first-order chi connectivity index (χ1) is 17.5. The third-order valence-electron chi connectivity index (χ3n) is 7.32. The predicted octanol–water partition coefficient (Wildman–Crippen LogP) is 8.85. The first kappa shape index (κ1) is 32.6. The minimum atomic E-state index is -0.189. The van der Waals surface area contributed by atoms with Crippen molar-refractivity contribution in [3.8, 4) is 11.5 Å².